The van der Waals surface area contributed by atoms with Gasteiger partial charge in [-0.1, -0.05) is 15.9 Å². The van der Waals surface area contributed by atoms with Gasteiger partial charge in [-0.15, -0.1) is 0 Å². The van der Waals surface area contributed by atoms with Gasteiger partial charge in [0.2, 0.25) is 0 Å². The Hall–Kier alpha value is -1.07. The first-order valence-electron chi connectivity index (χ1n) is 5.02. The molecule has 0 bridgehead atoms. The Kier molecular flexibility index (Phi) is 2.90. The third kappa shape index (κ3) is 1.92. The lowest BCUT2D eigenvalue weighted by atomic mass is 9.99. The molecule has 1 saturated carbocycles. The fraction of sp³-hybridized carbons (Fsp3) is 0.364. The van der Waals surface area contributed by atoms with E-state index >= 15 is 0 Å². The molecule has 1 aromatic rings. The molecule has 4 N–H and O–H groups in total. The summed E-state index contributed by atoms with van der Waals surface area (Å²) in [4.78, 5) is 10.9. The molecule has 0 saturated heterocycles. The number of carboxylic acids is 1. The van der Waals surface area contributed by atoms with Crippen LogP contribution in [0.15, 0.2) is 16.6 Å². The maximum absolute atomic E-state index is 10.9. The predicted octanol–water partition coefficient (Wildman–Crippen LogP) is 2.26. The van der Waals surface area contributed by atoms with Gasteiger partial charge in [0, 0.05) is 16.1 Å². The van der Waals surface area contributed by atoms with Crippen LogP contribution in [0.4, 0.5) is 0 Å². The van der Waals surface area contributed by atoms with Gasteiger partial charge in [0.05, 0.1) is 0 Å². The van der Waals surface area contributed by atoms with Crippen molar-refractivity contribution in [2.24, 2.45) is 11.7 Å². The summed E-state index contributed by atoms with van der Waals surface area (Å²) in [6.07, 6.45) is 2.06. The van der Waals surface area contributed by atoms with E-state index in [2.05, 4.69) is 15.9 Å². The maximum atomic E-state index is 10.9. The van der Waals surface area contributed by atoms with Crippen LogP contribution in [0, 0.1) is 5.92 Å². The van der Waals surface area contributed by atoms with Gasteiger partial charge in [0.25, 0.3) is 0 Å². The summed E-state index contributed by atoms with van der Waals surface area (Å²) in [5.74, 6) is -1.01. The number of halogens is 1. The van der Waals surface area contributed by atoms with Crippen LogP contribution in [-0.4, -0.2) is 16.2 Å². The molecule has 86 valence electrons. The molecule has 0 radical (unpaired) electrons. The molecule has 0 heterocycles. The Morgan fingerprint density at radius 1 is 1.50 bits per heavy atom. The van der Waals surface area contributed by atoms with E-state index in [1.165, 1.54) is 6.07 Å². The quantitative estimate of drug-likeness (QED) is 0.795. The number of rotatable bonds is 3. The Morgan fingerprint density at radius 2 is 2.12 bits per heavy atom. The van der Waals surface area contributed by atoms with Crippen LogP contribution in [-0.2, 0) is 0 Å². The number of nitrogens with two attached hydrogens (primary N) is 1. The molecule has 0 aromatic heterocycles. The summed E-state index contributed by atoms with van der Waals surface area (Å²) in [6, 6.07) is 2.68. The average molecular weight is 286 g/mol. The lowest BCUT2D eigenvalue weighted by molar-refractivity contribution is 0.0693. The predicted molar refractivity (Wildman–Crippen MR) is 62.4 cm³/mol. The van der Waals surface area contributed by atoms with Gasteiger partial charge in [-0.2, -0.15) is 0 Å². The second-order valence-corrected chi connectivity index (χ2v) is 4.88. The second-order valence-electron chi connectivity index (χ2n) is 4.03. The first kappa shape index (κ1) is 11.4. The lowest BCUT2D eigenvalue weighted by Gasteiger charge is -2.16. The van der Waals surface area contributed by atoms with Crippen molar-refractivity contribution in [1.82, 2.24) is 0 Å². The molecular formula is C11H12BrNO3. The highest BCUT2D eigenvalue weighted by Gasteiger charge is 2.33. The third-order valence-electron chi connectivity index (χ3n) is 2.86. The van der Waals surface area contributed by atoms with Gasteiger partial charge in [0.15, 0.2) is 0 Å². The lowest BCUT2D eigenvalue weighted by Crippen LogP contribution is -2.14. The summed E-state index contributed by atoms with van der Waals surface area (Å²) in [7, 11) is 0. The van der Waals surface area contributed by atoms with Gasteiger partial charge in [0.1, 0.15) is 11.3 Å². The van der Waals surface area contributed by atoms with Crippen LogP contribution in [0.3, 0.4) is 0 Å². The summed E-state index contributed by atoms with van der Waals surface area (Å²) >= 11 is 3.29. The van der Waals surface area contributed by atoms with Crippen molar-refractivity contribution in [1.29, 1.82) is 0 Å². The molecule has 0 spiro atoms. The second kappa shape index (κ2) is 4.07. The van der Waals surface area contributed by atoms with Crippen LogP contribution >= 0.6 is 15.9 Å². The van der Waals surface area contributed by atoms with Crippen molar-refractivity contribution in [3.05, 3.63) is 27.7 Å². The molecular weight excluding hydrogens is 274 g/mol. The number of hydrogen-bond donors (Lipinski definition) is 3. The number of aromatic carboxylic acids is 1. The topological polar surface area (TPSA) is 83.6 Å². The van der Waals surface area contributed by atoms with Crippen LogP contribution in [0.2, 0.25) is 0 Å². The fourth-order valence-electron chi connectivity index (χ4n) is 1.76. The molecule has 1 atom stereocenters. The van der Waals surface area contributed by atoms with Crippen LogP contribution in [0.5, 0.6) is 5.75 Å². The van der Waals surface area contributed by atoms with E-state index in [-0.39, 0.29) is 17.4 Å². The number of carboxylic acid groups (broad SMARTS) is 1. The zero-order chi connectivity index (χ0) is 11.9. The van der Waals surface area contributed by atoms with Crippen molar-refractivity contribution < 1.29 is 15.0 Å². The summed E-state index contributed by atoms with van der Waals surface area (Å²) < 4.78 is 0.661. The molecule has 1 fully saturated rings. The summed E-state index contributed by atoms with van der Waals surface area (Å²) in [6.45, 7) is 0. The van der Waals surface area contributed by atoms with Crippen LogP contribution < -0.4 is 5.73 Å². The van der Waals surface area contributed by atoms with E-state index in [4.69, 9.17) is 10.8 Å². The number of carbonyl (C=O) groups is 1. The molecule has 0 aliphatic heterocycles. The minimum Gasteiger partial charge on any atom is -0.507 e. The maximum Gasteiger partial charge on any atom is 0.339 e. The Bertz CT molecular complexity index is 443. The number of hydrogen-bond acceptors (Lipinski definition) is 3. The number of benzene rings is 1. The highest BCUT2D eigenvalue weighted by molar-refractivity contribution is 9.10. The van der Waals surface area contributed by atoms with Crippen molar-refractivity contribution >= 4 is 21.9 Å². The highest BCUT2D eigenvalue weighted by Crippen LogP contribution is 2.45. The fourth-order valence-corrected chi connectivity index (χ4v) is 2.35. The average Bonchev–Trinajstić information content (AvgIpc) is 2.99. The normalized spacial score (nSPS) is 17.1. The van der Waals surface area contributed by atoms with Crippen molar-refractivity contribution in [2.75, 3.05) is 0 Å². The summed E-state index contributed by atoms with van der Waals surface area (Å²) in [5, 5.41) is 18.8. The van der Waals surface area contributed by atoms with E-state index in [0.29, 0.717) is 16.0 Å². The minimum absolute atomic E-state index is 0.102. The molecule has 4 nitrogen and oxygen atoms in total. The Morgan fingerprint density at radius 3 is 2.62 bits per heavy atom. The SMILES string of the molecule is N[C@H](c1c(Br)ccc(C(=O)O)c1O)C1CC1. The summed E-state index contributed by atoms with van der Waals surface area (Å²) in [5.41, 5.74) is 6.39. The van der Waals surface area contributed by atoms with E-state index < -0.39 is 5.97 Å². The standard InChI is InChI=1S/C11H12BrNO3/c12-7-4-3-6(11(15)16)10(14)8(7)9(13)5-1-2-5/h3-5,9,14H,1-2,13H2,(H,15,16)/t9-/m0/s1. The highest BCUT2D eigenvalue weighted by atomic mass is 79.9. The van der Waals surface area contributed by atoms with Crippen molar-refractivity contribution in [2.45, 2.75) is 18.9 Å². The zero-order valence-electron chi connectivity index (χ0n) is 8.48. The van der Waals surface area contributed by atoms with E-state index in [1.54, 1.807) is 6.07 Å². The van der Waals surface area contributed by atoms with Gasteiger partial charge in [-0.25, -0.2) is 4.79 Å². The first-order valence-corrected chi connectivity index (χ1v) is 5.82. The van der Waals surface area contributed by atoms with Crippen LogP contribution in [0.1, 0.15) is 34.8 Å². The minimum atomic E-state index is -1.14. The number of phenols is 1. The smallest absolute Gasteiger partial charge is 0.339 e. The van der Waals surface area contributed by atoms with Gasteiger partial charge in [-0.3, -0.25) is 0 Å². The van der Waals surface area contributed by atoms with E-state index in [1.807, 2.05) is 0 Å². The monoisotopic (exact) mass is 285 g/mol. The molecule has 16 heavy (non-hydrogen) atoms. The molecule has 0 amide bonds. The van der Waals surface area contributed by atoms with Gasteiger partial charge in [-0.05, 0) is 30.9 Å². The van der Waals surface area contributed by atoms with Crippen molar-refractivity contribution in [3.8, 4) is 5.75 Å². The Labute approximate surface area is 101 Å². The van der Waals surface area contributed by atoms with Crippen LogP contribution in [0.25, 0.3) is 0 Å². The molecule has 0 unspecified atom stereocenters. The molecule has 1 aromatic carbocycles. The zero-order valence-corrected chi connectivity index (χ0v) is 10.1. The largest absolute Gasteiger partial charge is 0.507 e. The molecule has 2 rings (SSSR count). The first-order chi connectivity index (χ1) is 7.52. The molecule has 1 aliphatic rings. The van der Waals surface area contributed by atoms with E-state index in [9.17, 15) is 9.90 Å². The third-order valence-corrected chi connectivity index (χ3v) is 3.55. The van der Waals surface area contributed by atoms with Gasteiger partial charge < -0.3 is 15.9 Å². The Balaban J connectivity index is 2.49. The van der Waals surface area contributed by atoms with Crippen molar-refractivity contribution in [3.63, 3.8) is 0 Å². The number of aromatic hydroxyl groups is 1. The van der Waals surface area contributed by atoms with E-state index in [0.717, 1.165) is 12.8 Å². The molecule has 5 heteroatoms. The van der Waals surface area contributed by atoms with Gasteiger partial charge >= 0.3 is 5.97 Å². The molecule has 1 aliphatic carbocycles.